The Morgan fingerprint density at radius 1 is 0.548 bits per heavy atom. The second-order valence-electron chi connectivity index (χ2n) is 13.7. The van der Waals surface area contributed by atoms with Crippen LogP contribution in [-0.4, -0.2) is 22.4 Å². The second-order valence-corrected chi connectivity index (χ2v) is 13.7. The minimum absolute atomic E-state index is 0.00547. The number of hydrogen-bond donors (Lipinski definition) is 2. The standard InChI is InChI=1S/C40H56O2/c1-29(17-13-19-31(3)21-23-37-33(5)25-35(41)27-39(37,7)8)15-11-12-16-30(2)18-14-20-32(4)22-24-38-34(6)26-36(42)28-40(38,9)10/h11-24,35-36,41-42H,25-28H2,1-10H3/b12-11+,17-13+,18-14+,23-21-,24-22+,29-15-,30-16+,31-19+,32-20+/t35-,36-/m1/s1. The van der Waals surface area contributed by atoms with Gasteiger partial charge in [-0.05, 0) is 89.2 Å². The van der Waals surface area contributed by atoms with Gasteiger partial charge in [0, 0.05) is 0 Å². The minimum atomic E-state index is -0.227. The predicted octanol–water partition coefficient (Wildman–Crippen LogP) is 10.5. The molecule has 0 aromatic heterocycles. The second kappa shape index (κ2) is 16.1. The highest BCUT2D eigenvalue weighted by molar-refractivity contribution is 5.39. The van der Waals surface area contributed by atoms with E-state index in [2.05, 4.69) is 154 Å². The van der Waals surface area contributed by atoms with E-state index in [1.54, 1.807) is 0 Å². The first-order chi connectivity index (χ1) is 19.6. The number of rotatable bonds is 10. The van der Waals surface area contributed by atoms with Crippen LogP contribution in [0.15, 0.2) is 130 Å². The van der Waals surface area contributed by atoms with Gasteiger partial charge in [0.2, 0.25) is 0 Å². The lowest BCUT2D eigenvalue weighted by molar-refractivity contribution is 0.116. The van der Waals surface area contributed by atoms with E-state index in [9.17, 15) is 10.2 Å². The fourth-order valence-corrected chi connectivity index (χ4v) is 6.13. The molecule has 2 atom stereocenters. The van der Waals surface area contributed by atoms with Gasteiger partial charge in [0.15, 0.2) is 0 Å². The van der Waals surface area contributed by atoms with E-state index in [1.165, 1.54) is 44.6 Å². The van der Waals surface area contributed by atoms with Crippen LogP contribution in [-0.2, 0) is 0 Å². The summed E-state index contributed by atoms with van der Waals surface area (Å²) in [5.74, 6) is 0. The van der Waals surface area contributed by atoms with Crippen LogP contribution in [0.1, 0.15) is 94.9 Å². The first-order valence-electron chi connectivity index (χ1n) is 15.5. The van der Waals surface area contributed by atoms with Gasteiger partial charge in [-0.25, -0.2) is 0 Å². The summed E-state index contributed by atoms with van der Waals surface area (Å²) in [6.07, 6.45) is 32.6. The molecule has 0 fully saturated rings. The summed E-state index contributed by atoms with van der Waals surface area (Å²) in [6, 6.07) is 0. The largest absolute Gasteiger partial charge is 0.393 e. The maximum atomic E-state index is 10.1. The fourth-order valence-electron chi connectivity index (χ4n) is 6.13. The molecule has 0 heterocycles. The number of aliphatic hydroxyl groups is 2. The number of hydrogen-bond acceptors (Lipinski definition) is 2. The van der Waals surface area contributed by atoms with E-state index >= 15 is 0 Å². The summed E-state index contributed by atoms with van der Waals surface area (Å²) in [5, 5.41) is 20.2. The van der Waals surface area contributed by atoms with E-state index in [1.807, 2.05) is 0 Å². The van der Waals surface area contributed by atoms with Crippen LogP contribution in [0.2, 0.25) is 0 Å². The van der Waals surface area contributed by atoms with Crippen LogP contribution < -0.4 is 0 Å². The smallest absolute Gasteiger partial charge is 0.0585 e. The first kappa shape index (κ1) is 35.3. The van der Waals surface area contributed by atoms with Crippen LogP contribution in [0.25, 0.3) is 0 Å². The van der Waals surface area contributed by atoms with Crippen molar-refractivity contribution in [3.05, 3.63) is 130 Å². The van der Waals surface area contributed by atoms with Gasteiger partial charge < -0.3 is 10.2 Å². The maximum Gasteiger partial charge on any atom is 0.0585 e. The molecule has 0 aromatic carbocycles. The van der Waals surface area contributed by atoms with Crippen LogP contribution in [0.5, 0.6) is 0 Å². The zero-order valence-corrected chi connectivity index (χ0v) is 28.0. The fraction of sp³-hybridized carbons (Fsp3) is 0.450. The van der Waals surface area contributed by atoms with Crippen molar-refractivity contribution in [1.29, 1.82) is 0 Å². The lowest BCUT2D eigenvalue weighted by Crippen LogP contribution is -2.28. The van der Waals surface area contributed by atoms with Gasteiger partial charge in [0.25, 0.3) is 0 Å². The third-order valence-electron chi connectivity index (χ3n) is 8.24. The maximum absolute atomic E-state index is 10.1. The van der Waals surface area contributed by atoms with E-state index < -0.39 is 0 Å². The quantitative estimate of drug-likeness (QED) is 0.257. The Kier molecular flexibility index (Phi) is 13.5. The number of aliphatic hydroxyl groups excluding tert-OH is 2. The van der Waals surface area contributed by atoms with Crippen molar-refractivity contribution in [3.63, 3.8) is 0 Å². The molecule has 2 aliphatic rings. The van der Waals surface area contributed by atoms with Crippen molar-refractivity contribution in [2.75, 3.05) is 0 Å². The Bertz CT molecular complexity index is 1190. The van der Waals surface area contributed by atoms with Crippen molar-refractivity contribution in [2.24, 2.45) is 10.8 Å². The molecule has 0 saturated heterocycles. The van der Waals surface area contributed by atoms with E-state index in [0.717, 1.165) is 25.7 Å². The summed E-state index contributed by atoms with van der Waals surface area (Å²) in [6.45, 7) is 21.6. The lowest BCUT2D eigenvalue weighted by atomic mass is 9.71. The average molecular weight is 569 g/mol. The average Bonchev–Trinajstić information content (AvgIpc) is 2.84. The highest BCUT2D eigenvalue weighted by Gasteiger charge is 2.32. The normalized spacial score (nSPS) is 25.0. The van der Waals surface area contributed by atoms with Crippen molar-refractivity contribution < 1.29 is 10.2 Å². The third-order valence-corrected chi connectivity index (χ3v) is 8.24. The summed E-state index contributed by atoms with van der Waals surface area (Å²) >= 11 is 0. The lowest BCUT2D eigenvalue weighted by Gasteiger charge is -2.35. The molecule has 2 nitrogen and oxygen atoms in total. The SMILES string of the molecule is CC1=C(\C=C/C(C)=C/C=C/C(C)=C\C=C\C=C(C)\C=C\C=C(C)\C=C\C2=C(C)C[C@@H](O)CC2(C)C)C(C)(C)C[C@H](O)C1. The van der Waals surface area contributed by atoms with Crippen LogP contribution >= 0.6 is 0 Å². The molecule has 2 heteroatoms. The van der Waals surface area contributed by atoms with Crippen molar-refractivity contribution in [1.82, 2.24) is 0 Å². The monoisotopic (exact) mass is 568 g/mol. The first-order valence-corrected chi connectivity index (χ1v) is 15.5. The van der Waals surface area contributed by atoms with Gasteiger partial charge in [-0.15, -0.1) is 0 Å². The third kappa shape index (κ3) is 11.7. The molecule has 2 N–H and O–H groups in total. The van der Waals surface area contributed by atoms with Gasteiger partial charge in [0.1, 0.15) is 0 Å². The van der Waals surface area contributed by atoms with Crippen LogP contribution in [0.3, 0.4) is 0 Å². The highest BCUT2D eigenvalue weighted by atomic mass is 16.3. The zero-order valence-electron chi connectivity index (χ0n) is 28.0. The van der Waals surface area contributed by atoms with Crippen LogP contribution in [0.4, 0.5) is 0 Å². The minimum Gasteiger partial charge on any atom is -0.393 e. The Hall–Kier alpha value is -2.94. The zero-order chi connectivity index (χ0) is 31.5. The Morgan fingerprint density at radius 2 is 0.857 bits per heavy atom. The molecule has 2 aliphatic carbocycles. The molecule has 228 valence electrons. The summed E-state index contributed by atoms with van der Waals surface area (Å²) in [7, 11) is 0. The van der Waals surface area contributed by atoms with Gasteiger partial charge in [-0.3, -0.25) is 0 Å². The van der Waals surface area contributed by atoms with Crippen molar-refractivity contribution in [3.8, 4) is 0 Å². The predicted molar refractivity (Wildman–Crippen MR) is 184 cm³/mol. The van der Waals surface area contributed by atoms with Gasteiger partial charge in [0.05, 0.1) is 12.2 Å². The Labute approximate surface area is 257 Å². The summed E-state index contributed by atoms with van der Waals surface area (Å²) in [4.78, 5) is 0. The van der Waals surface area contributed by atoms with E-state index in [-0.39, 0.29) is 23.0 Å². The molecule has 0 saturated carbocycles. The molecule has 0 spiro atoms. The molecule has 2 rings (SSSR count). The van der Waals surface area contributed by atoms with Crippen molar-refractivity contribution in [2.45, 2.75) is 107 Å². The molecule has 42 heavy (non-hydrogen) atoms. The van der Waals surface area contributed by atoms with Gasteiger partial charge in [-0.2, -0.15) is 0 Å². The molecular weight excluding hydrogens is 512 g/mol. The molecule has 0 aliphatic heterocycles. The molecule has 0 aromatic rings. The summed E-state index contributed by atoms with van der Waals surface area (Å²) < 4.78 is 0. The van der Waals surface area contributed by atoms with Crippen molar-refractivity contribution >= 4 is 0 Å². The van der Waals surface area contributed by atoms with Gasteiger partial charge >= 0.3 is 0 Å². The topological polar surface area (TPSA) is 40.5 Å². The Morgan fingerprint density at radius 3 is 1.19 bits per heavy atom. The van der Waals surface area contributed by atoms with E-state index in [0.29, 0.717) is 0 Å². The Balaban J connectivity index is 1.90. The summed E-state index contributed by atoms with van der Waals surface area (Å²) in [5.41, 5.74) is 10.1. The molecule has 0 amide bonds. The molecule has 0 unspecified atom stereocenters. The van der Waals surface area contributed by atoms with E-state index in [4.69, 9.17) is 0 Å². The van der Waals surface area contributed by atoms with Gasteiger partial charge in [-0.1, -0.05) is 146 Å². The molecule has 0 radical (unpaired) electrons. The highest BCUT2D eigenvalue weighted by Crippen LogP contribution is 2.42. The molecular formula is C40H56O2. The number of allylic oxidation sites excluding steroid dienone is 20. The molecule has 0 bridgehead atoms. The van der Waals surface area contributed by atoms with Crippen LogP contribution in [0, 0.1) is 10.8 Å².